The SMILES string of the molecule is CCC1CCCN(C(=O)c2ccc(C#N)cn2)C1. The third-order valence-electron chi connectivity index (χ3n) is 3.50. The molecule has 1 aliphatic rings. The third kappa shape index (κ3) is 2.67. The lowest BCUT2D eigenvalue weighted by molar-refractivity contribution is 0.0665. The largest absolute Gasteiger partial charge is 0.337 e. The van der Waals surface area contributed by atoms with E-state index in [1.165, 1.54) is 12.6 Å². The summed E-state index contributed by atoms with van der Waals surface area (Å²) in [7, 11) is 0. The van der Waals surface area contributed by atoms with Crippen LogP contribution in [0.4, 0.5) is 0 Å². The fraction of sp³-hybridized carbons (Fsp3) is 0.500. The number of piperidine rings is 1. The van der Waals surface area contributed by atoms with E-state index in [2.05, 4.69) is 11.9 Å². The molecule has 0 aromatic carbocycles. The van der Waals surface area contributed by atoms with Crippen molar-refractivity contribution in [2.45, 2.75) is 26.2 Å². The van der Waals surface area contributed by atoms with E-state index in [1.54, 1.807) is 12.1 Å². The van der Waals surface area contributed by atoms with Gasteiger partial charge in [0.05, 0.1) is 5.56 Å². The molecule has 0 saturated carbocycles. The molecule has 1 unspecified atom stereocenters. The molecule has 0 radical (unpaired) electrons. The number of carbonyl (C=O) groups excluding carboxylic acids is 1. The number of aromatic nitrogens is 1. The fourth-order valence-electron chi connectivity index (χ4n) is 2.33. The van der Waals surface area contributed by atoms with Crippen LogP contribution in [0.3, 0.4) is 0 Å². The first-order valence-corrected chi connectivity index (χ1v) is 6.40. The van der Waals surface area contributed by atoms with E-state index in [1.807, 2.05) is 11.0 Å². The summed E-state index contributed by atoms with van der Waals surface area (Å²) >= 11 is 0. The third-order valence-corrected chi connectivity index (χ3v) is 3.50. The van der Waals surface area contributed by atoms with Crippen molar-refractivity contribution in [2.24, 2.45) is 5.92 Å². The average Bonchev–Trinajstić information content (AvgIpc) is 2.46. The van der Waals surface area contributed by atoms with Crippen LogP contribution in [-0.2, 0) is 0 Å². The Hall–Kier alpha value is -1.89. The molecular weight excluding hydrogens is 226 g/mol. The maximum atomic E-state index is 12.2. The molecule has 1 aliphatic heterocycles. The maximum Gasteiger partial charge on any atom is 0.272 e. The molecule has 0 aliphatic carbocycles. The maximum absolute atomic E-state index is 12.2. The van der Waals surface area contributed by atoms with Crippen LogP contribution in [0.25, 0.3) is 0 Å². The molecule has 1 fully saturated rings. The van der Waals surface area contributed by atoms with Gasteiger partial charge in [-0.05, 0) is 30.9 Å². The zero-order valence-corrected chi connectivity index (χ0v) is 10.6. The lowest BCUT2D eigenvalue weighted by Crippen LogP contribution is -2.40. The van der Waals surface area contributed by atoms with E-state index in [9.17, 15) is 4.79 Å². The minimum atomic E-state index is -0.0161. The van der Waals surface area contributed by atoms with Gasteiger partial charge in [0.15, 0.2) is 0 Å². The average molecular weight is 243 g/mol. The van der Waals surface area contributed by atoms with Crippen molar-refractivity contribution in [2.75, 3.05) is 13.1 Å². The van der Waals surface area contributed by atoms with E-state index in [4.69, 9.17) is 5.26 Å². The van der Waals surface area contributed by atoms with Gasteiger partial charge in [0.1, 0.15) is 11.8 Å². The minimum Gasteiger partial charge on any atom is -0.337 e. The number of hydrogen-bond donors (Lipinski definition) is 0. The van der Waals surface area contributed by atoms with E-state index in [-0.39, 0.29) is 5.91 Å². The number of nitrogens with zero attached hydrogens (tertiary/aromatic N) is 3. The van der Waals surface area contributed by atoms with Crippen molar-refractivity contribution in [1.29, 1.82) is 5.26 Å². The predicted molar refractivity (Wildman–Crippen MR) is 67.9 cm³/mol. The van der Waals surface area contributed by atoms with Crippen molar-refractivity contribution < 1.29 is 4.79 Å². The molecule has 4 nitrogen and oxygen atoms in total. The molecule has 4 heteroatoms. The molecule has 1 atom stereocenters. The Morgan fingerprint density at radius 1 is 1.61 bits per heavy atom. The monoisotopic (exact) mass is 243 g/mol. The molecule has 2 rings (SSSR count). The first-order valence-electron chi connectivity index (χ1n) is 6.40. The normalized spacial score (nSPS) is 19.3. The molecule has 18 heavy (non-hydrogen) atoms. The minimum absolute atomic E-state index is 0.0161. The molecule has 1 aromatic heterocycles. The number of hydrogen-bond acceptors (Lipinski definition) is 3. The molecule has 0 bridgehead atoms. The second kappa shape index (κ2) is 5.63. The summed E-state index contributed by atoms with van der Waals surface area (Å²) in [5, 5.41) is 8.70. The molecule has 1 saturated heterocycles. The first kappa shape index (κ1) is 12.6. The summed E-state index contributed by atoms with van der Waals surface area (Å²) in [6, 6.07) is 5.28. The lowest BCUT2D eigenvalue weighted by Gasteiger charge is -2.32. The number of nitriles is 1. The zero-order chi connectivity index (χ0) is 13.0. The number of rotatable bonds is 2. The van der Waals surface area contributed by atoms with Gasteiger partial charge in [0.2, 0.25) is 0 Å². The van der Waals surface area contributed by atoms with Gasteiger partial charge in [-0.25, -0.2) is 4.98 Å². The molecule has 94 valence electrons. The number of amides is 1. The Kier molecular flexibility index (Phi) is 3.93. The highest BCUT2D eigenvalue weighted by atomic mass is 16.2. The van der Waals surface area contributed by atoms with Gasteiger partial charge in [0, 0.05) is 19.3 Å². The summed E-state index contributed by atoms with van der Waals surface area (Å²) < 4.78 is 0. The molecule has 0 spiro atoms. The molecule has 1 aromatic rings. The predicted octanol–water partition coefficient (Wildman–Crippen LogP) is 2.22. The molecule has 2 heterocycles. The second-order valence-electron chi connectivity index (χ2n) is 4.71. The van der Waals surface area contributed by atoms with E-state index < -0.39 is 0 Å². The standard InChI is InChI=1S/C14H17N3O/c1-2-11-4-3-7-17(10-11)14(18)13-6-5-12(8-15)9-16-13/h5-6,9,11H,2-4,7,10H2,1H3. The topological polar surface area (TPSA) is 57.0 Å². The second-order valence-corrected chi connectivity index (χ2v) is 4.71. The van der Waals surface area contributed by atoms with E-state index >= 15 is 0 Å². The van der Waals surface area contributed by atoms with Crippen LogP contribution in [0.1, 0.15) is 42.2 Å². The molecular formula is C14H17N3O. The lowest BCUT2D eigenvalue weighted by atomic mass is 9.95. The number of pyridine rings is 1. The Balaban J connectivity index is 2.08. The van der Waals surface area contributed by atoms with Crippen molar-refractivity contribution in [1.82, 2.24) is 9.88 Å². The summed E-state index contributed by atoms with van der Waals surface area (Å²) in [5.41, 5.74) is 0.919. The highest BCUT2D eigenvalue weighted by Crippen LogP contribution is 2.20. The van der Waals surface area contributed by atoms with Gasteiger partial charge < -0.3 is 4.90 Å². The Bertz CT molecular complexity index is 461. The number of carbonyl (C=O) groups is 1. The zero-order valence-electron chi connectivity index (χ0n) is 10.6. The van der Waals surface area contributed by atoms with Crippen LogP contribution in [-0.4, -0.2) is 28.9 Å². The van der Waals surface area contributed by atoms with Crippen LogP contribution < -0.4 is 0 Å². The van der Waals surface area contributed by atoms with Gasteiger partial charge in [-0.15, -0.1) is 0 Å². The molecule has 0 N–H and O–H groups in total. The Labute approximate surface area is 107 Å². The quantitative estimate of drug-likeness (QED) is 0.800. The van der Waals surface area contributed by atoms with Crippen LogP contribution in [0.2, 0.25) is 0 Å². The Morgan fingerprint density at radius 2 is 2.44 bits per heavy atom. The van der Waals surface area contributed by atoms with Crippen molar-refractivity contribution in [3.05, 3.63) is 29.6 Å². The first-order chi connectivity index (χ1) is 8.74. The highest BCUT2D eigenvalue weighted by molar-refractivity contribution is 5.92. The van der Waals surface area contributed by atoms with Crippen molar-refractivity contribution in [3.63, 3.8) is 0 Å². The summed E-state index contributed by atoms with van der Waals surface area (Å²) in [5.74, 6) is 0.596. The van der Waals surface area contributed by atoms with Crippen LogP contribution in [0.5, 0.6) is 0 Å². The van der Waals surface area contributed by atoms with Crippen LogP contribution in [0, 0.1) is 17.2 Å². The van der Waals surface area contributed by atoms with Crippen LogP contribution >= 0.6 is 0 Å². The number of likely N-dealkylation sites (tertiary alicyclic amines) is 1. The molecule has 1 amide bonds. The summed E-state index contributed by atoms with van der Waals surface area (Å²) in [6.07, 6.45) is 4.85. The van der Waals surface area contributed by atoms with Gasteiger partial charge in [-0.3, -0.25) is 4.79 Å². The highest BCUT2D eigenvalue weighted by Gasteiger charge is 2.23. The fourth-order valence-corrected chi connectivity index (χ4v) is 2.33. The van der Waals surface area contributed by atoms with Gasteiger partial charge in [-0.1, -0.05) is 13.3 Å². The van der Waals surface area contributed by atoms with Gasteiger partial charge >= 0.3 is 0 Å². The van der Waals surface area contributed by atoms with Gasteiger partial charge in [-0.2, -0.15) is 5.26 Å². The van der Waals surface area contributed by atoms with Crippen molar-refractivity contribution >= 4 is 5.91 Å². The summed E-state index contributed by atoms with van der Waals surface area (Å²) in [6.45, 7) is 3.81. The van der Waals surface area contributed by atoms with Gasteiger partial charge in [0.25, 0.3) is 5.91 Å². The van der Waals surface area contributed by atoms with E-state index in [0.717, 1.165) is 25.9 Å². The smallest absolute Gasteiger partial charge is 0.272 e. The van der Waals surface area contributed by atoms with E-state index in [0.29, 0.717) is 17.2 Å². The summed E-state index contributed by atoms with van der Waals surface area (Å²) in [4.78, 5) is 18.2. The Morgan fingerprint density at radius 3 is 3.06 bits per heavy atom. The van der Waals surface area contributed by atoms with Crippen LogP contribution in [0.15, 0.2) is 18.3 Å². The van der Waals surface area contributed by atoms with Crippen molar-refractivity contribution in [3.8, 4) is 6.07 Å².